The maximum atomic E-state index is 13.1. The zero-order valence-electron chi connectivity index (χ0n) is 9.61. The minimum Gasteiger partial charge on any atom is -0.497 e. The highest BCUT2D eigenvalue weighted by atomic mass is 79.9. The summed E-state index contributed by atoms with van der Waals surface area (Å²) in [5.41, 5.74) is 6.22. The first-order valence-corrected chi connectivity index (χ1v) is 5.95. The monoisotopic (exact) mass is 311 g/mol. The van der Waals surface area contributed by atoms with Crippen molar-refractivity contribution < 1.29 is 13.9 Å². The van der Waals surface area contributed by atoms with Crippen molar-refractivity contribution >= 4 is 21.6 Å². The molecule has 18 heavy (non-hydrogen) atoms. The number of anilines is 1. The minimum absolute atomic E-state index is 0.371. The van der Waals surface area contributed by atoms with Gasteiger partial charge in [0, 0.05) is 30.0 Å². The Morgan fingerprint density at radius 1 is 1.11 bits per heavy atom. The summed E-state index contributed by atoms with van der Waals surface area (Å²) in [7, 11) is 1.54. The first-order valence-electron chi connectivity index (χ1n) is 5.16. The Hall–Kier alpha value is -1.75. The SMILES string of the molecule is COc1cc(N)cc(Oc2cc(F)ccc2Br)c1. The molecule has 2 aromatic rings. The van der Waals surface area contributed by atoms with E-state index in [4.69, 9.17) is 15.2 Å². The van der Waals surface area contributed by atoms with Crippen LogP contribution in [0.15, 0.2) is 40.9 Å². The first kappa shape index (κ1) is 12.7. The average molecular weight is 312 g/mol. The predicted octanol–water partition coefficient (Wildman–Crippen LogP) is 3.97. The third-order valence-corrected chi connectivity index (χ3v) is 2.91. The van der Waals surface area contributed by atoms with E-state index in [1.54, 1.807) is 24.3 Å². The molecule has 0 aromatic heterocycles. The van der Waals surface area contributed by atoms with Crippen molar-refractivity contribution in [1.82, 2.24) is 0 Å². The van der Waals surface area contributed by atoms with Crippen LogP contribution in [0.4, 0.5) is 10.1 Å². The number of nitrogen functional groups attached to an aromatic ring is 1. The highest BCUT2D eigenvalue weighted by molar-refractivity contribution is 9.10. The molecule has 2 rings (SSSR count). The normalized spacial score (nSPS) is 10.2. The minimum atomic E-state index is -0.371. The van der Waals surface area contributed by atoms with Crippen molar-refractivity contribution in [2.75, 3.05) is 12.8 Å². The number of ether oxygens (including phenoxy) is 2. The van der Waals surface area contributed by atoms with Crippen molar-refractivity contribution in [3.05, 3.63) is 46.7 Å². The van der Waals surface area contributed by atoms with Gasteiger partial charge in [0.25, 0.3) is 0 Å². The van der Waals surface area contributed by atoms with Crippen LogP contribution in [-0.4, -0.2) is 7.11 Å². The molecule has 0 fully saturated rings. The Bertz CT molecular complexity index is 575. The van der Waals surface area contributed by atoms with Crippen LogP contribution in [-0.2, 0) is 0 Å². The quantitative estimate of drug-likeness (QED) is 0.872. The molecule has 0 radical (unpaired) electrons. The summed E-state index contributed by atoms with van der Waals surface area (Å²) in [6.07, 6.45) is 0. The van der Waals surface area contributed by atoms with Gasteiger partial charge in [-0.1, -0.05) is 0 Å². The fourth-order valence-electron chi connectivity index (χ4n) is 1.45. The fraction of sp³-hybridized carbons (Fsp3) is 0.0769. The highest BCUT2D eigenvalue weighted by Crippen LogP contribution is 2.33. The second-order valence-electron chi connectivity index (χ2n) is 3.62. The largest absolute Gasteiger partial charge is 0.497 e. The van der Waals surface area contributed by atoms with E-state index in [9.17, 15) is 4.39 Å². The summed E-state index contributed by atoms with van der Waals surface area (Å²) in [5, 5.41) is 0. The van der Waals surface area contributed by atoms with Crippen molar-refractivity contribution in [2.45, 2.75) is 0 Å². The van der Waals surface area contributed by atoms with E-state index in [1.807, 2.05) is 0 Å². The lowest BCUT2D eigenvalue weighted by atomic mass is 10.3. The van der Waals surface area contributed by atoms with Crippen molar-refractivity contribution in [3.63, 3.8) is 0 Å². The molecule has 0 spiro atoms. The van der Waals surface area contributed by atoms with Gasteiger partial charge in [-0.05, 0) is 28.1 Å². The molecule has 0 atom stereocenters. The Labute approximate surface area is 112 Å². The van der Waals surface area contributed by atoms with Crippen LogP contribution in [0.1, 0.15) is 0 Å². The number of hydrogen-bond acceptors (Lipinski definition) is 3. The Morgan fingerprint density at radius 3 is 2.56 bits per heavy atom. The van der Waals surface area contributed by atoms with Crippen LogP contribution in [0.3, 0.4) is 0 Å². The molecule has 0 aliphatic heterocycles. The molecule has 0 aliphatic rings. The van der Waals surface area contributed by atoms with Crippen LogP contribution < -0.4 is 15.2 Å². The number of benzene rings is 2. The van der Waals surface area contributed by atoms with E-state index in [-0.39, 0.29) is 5.82 Å². The highest BCUT2D eigenvalue weighted by Gasteiger charge is 2.06. The lowest BCUT2D eigenvalue weighted by Gasteiger charge is -2.10. The van der Waals surface area contributed by atoms with E-state index >= 15 is 0 Å². The second-order valence-corrected chi connectivity index (χ2v) is 4.47. The van der Waals surface area contributed by atoms with Gasteiger partial charge in [-0.15, -0.1) is 0 Å². The van der Waals surface area contributed by atoms with Gasteiger partial charge in [0.1, 0.15) is 23.1 Å². The van der Waals surface area contributed by atoms with Crippen molar-refractivity contribution in [1.29, 1.82) is 0 Å². The van der Waals surface area contributed by atoms with Gasteiger partial charge in [0.2, 0.25) is 0 Å². The van der Waals surface area contributed by atoms with Gasteiger partial charge in [0.05, 0.1) is 11.6 Å². The average Bonchev–Trinajstić information content (AvgIpc) is 2.33. The molecule has 0 saturated heterocycles. The van der Waals surface area contributed by atoms with Gasteiger partial charge in [-0.2, -0.15) is 0 Å². The maximum absolute atomic E-state index is 13.1. The lowest BCUT2D eigenvalue weighted by Crippen LogP contribution is -1.92. The molecule has 0 bridgehead atoms. The van der Waals surface area contributed by atoms with Gasteiger partial charge in [0.15, 0.2) is 0 Å². The summed E-state index contributed by atoms with van der Waals surface area (Å²) >= 11 is 3.29. The first-order chi connectivity index (χ1) is 8.58. The summed E-state index contributed by atoms with van der Waals surface area (Å²) in [5.74, 6) is 1.07. The van der Waals surface area contributed by atoms with Gasteiger partial charge in [-0.3, -0.25) is 0 Å². The van der Waals surface area contributed by atoms with Crippen LogP contribution >= 0.6 is 15.9 Å². The van der Waals surface area contributed by atoms with Crippen molar-refractivity contribution in [3.8, 4) is 17.2 Å². The predicted molar refractivity (Wildman–Crippen MR) is 71.6 cm³/mol. The maximum Gasteiger partial charge on any atom is 0.144 e. The third kappa shape index (κ3) is 2.92. The number of methoxy groups -OCH3 is 1. The lowest BCUT2D eigenvalue weighted by molar-refractivity contribution is 0.409. The standard InChI is InChI=1S/C13H11BrFNO2/c1-17-10-5-9(16)6-11(7-10)18-13-4-8(15)2-3-12(13)14/h2-7H,16H2,1H3. The molecule has 0 heterocycles. The topological polar surface area (TPSA) is 44.5 Å². The number of rotatable bonds is 3. The Morgan fingerprint density at radius 2 is 1.83 bits per heavy atom. The van der Waals surface area contributed by atoms with E-state index in [2.05, 4.69) is 15.9 Å². The molecule has 5 heteroatoms. The molecule has 2 N–H and O–H groups in total. The van der Waals surface area contributed by atoms with Gasteiger partial charge < -0.3 is 15.2 Å². The molecule has 0 aliphatic carbocycles. The number of hydrogen-bond donors (Lipinski definition) is 1. The molecule has 0 saturated carbocycles. The number of nitrogens with two attached hydrogens (primary N) is 1. The van der Waals surface area contributed by atoms with Gasteiger partial charge in [-0.25, -0.2) is 4.39 Å². The van der Waals surface area contributed by atoms with E-state index in [0.29, 0.717) is 27.4 Å². The molecule has 0 amide bonds. The Balaban J connectivity index is 2.33. The molecular formula is C13H11BrFNO2. The van der Waals surface area contributed by atoms with Gasteiger partial charge >= 0.3 is 0 Å². The van der Waals surface area contributed by atoms with Crippen LogP contribution in [0, 0.1) is 5.82 Å². The molecule has 94 valence electrons. The van der Waals surface area contributed by atoms with Crippen LogP contribution in [0.25, 0.3) is 0 Å². The summed E-state index contributed by atoms with van der Waals surface area (Å²) in [6, 6.07) is 9.20. The molecule has 2 aromatic carbocycles. The summed E-state index contributed by atoms with van der Waals surface area (Å²) < 4.78 is 24.4. The fourth-order valence-corrected chi connectivity index (χ4v) is 1.78. The Kier molecular flexibility index (Phi) is 3.72. The van der Waals surface area contributed by atoms with E-state index < -0.39 is 0 Å². The molecule has 3 nitrogen and oxygen atoms in total. The van der Waals surface area contributed by atoms with Crippen molar-refractivity contribution in [2.24, 2.45) is 0 Å². The second kappa shape index (κ2) is 5.27. The third-order valence-electron chi connectivity index (χ3n) is 2.26. The zero-order chi connectivity index (χ0) is 13.1. The van der Waals surface area contributed by atoms with E-state index in [1.165, 1.54) is 19.2 Å². The van der Waals surface area contributed by atoms with Crippen LogP contribution in [0.5, 0.6) is 17.2 Å². The zero-order valence-corrected chi connectivity index (χ0v) is 11.2. The summed E-state index contributed by atoms with van der Waals surface area (Å²) in [6.45, 7) is 0. The van der Waals surface area contributed by atoms with Crippen LogP contribution in [0.2, 0.25) is 0 Å². The summed E-state index contributed by atoms with van der Waals surface area (Å²) in [4.78, 5) is 0. The number of halogens is 2. The molecule has 0 unspecified atom stereocenters. The molecular weight excluding hydrogens is 301 g/mol. The van der Waals surface area contributed by atoms with E-state index in [0.717, 1.165) is 0 Å². The smallest absolute Gasteiger partial charge is 0.144 e.